The Balaban J connectivity index is 2.07. The van der Waals surface area contributed by atoms with E-state index in [1.54, 1.807) is 0 Å². The first-order chi connectivity index (χ1) is 11.2. The topological polar surface area (TPSA) is 107 Å². The van der Waals surface area contributed by atoms with E-state index < -0.39 is 0 Å². The van der Waals surface area contributed by atoms with Crippen molar-refractivity contribution in [2.75, 3.05) is 28.4 Å². The van der Waals surface area contributed by atoms with Gasteiger partial charge in [-0.25, -0.2) is 0 Å². The minimum Gasteiger partial charge on any atom is -0.522 e. The summed E-state index contributed by atoms with van der Waals surface area (Å²) in [5, 5.41) is 15.1. The molecule has 0 N–H and O–H groups in total. The molecule has 0 saturated heterocycles. The van der Waals surface area contributed by atoms with Crippen LogP contribution in [0, 0.1) is 0 Å². The van der Waals surface area contributed by atoms with Crippen molar-refractivity contribution in [1.29, 1.82) is 0 Å². The van der Waals surface area contributed by atoms with E-state index in [2.05, 4.69) is 20.4 Å². The highest BCUT2D eigenvalue weighted by atomic mass is 16.6. The Hall–Kier alpha value is -2.98. The molecule has 2 rings (SSSR count). The smallest absolute Gasteiger partial charge is 0.522 e. The fourth-order valence-electron chi connectivity index (χ4n) is 1.47. The Morgan fingerprint density at radius 1 is 0.652 bits per heavy atom. The van der Waals surface area contributed by atoms with Gasteiger partial charge in [-0.1, -0.05) is 0 Å². The minimum absolute atomic E-state index is 0.169. The second kappa shape index (κ2) is 7.87. The van der Waals surface area contributed by atoms with E-state index in [1.807, 2.05) is 0 Å². The summed E-state index contributed by atoms with van der Waals surface area (Å²) in [7, 11) is 6.84. The molecule has 1 radical (unpaired) electrons. The molecule has 0 aliphatic carbocycles. The molecule has 0 spiro atoms. The van der Waals surface area contributed by atoms with Gasteiger partial charge in [-0.05, 0) is 0 Å². The van der Waals surface area contributed by atoms with Crippen LogP contribution in [0.15, 0.2) is 12.1 Å². The molecule has 0 bridgehead atoms. The molecule has 121 valence electrons. The van der Waals surface area contributed by atoms with Crippen LogP contribution in [0.1, 0.15) is 0 Å². The number of hydrogen-bond acceptors (Lipinski definition) is 10. The molecular formula is C12H14BN4O6. The van der Waals surface area contributed by atoms with Gasteiger partial charge in [0.2, 0.25) is 11.8 Å². The van der Waals surface area contributed by atoms with E-state index in [4.69, 9.17) is 28.3 Å². The summed E-state index contributed by atoms with van der Waals surface area (Å²) in [6.45, 7) is 0. The Bertz CT molecular complexity index is 604. The summed E-state index contributed by atoms with van der Waals surface area (Å²) in [5.74, 6) is 1.38. The Kier molecular flexibility index (Phi) is 5.61. The van der Waals surface area contributed by atoms with Crippen LogP contribution in [0.4, 0.5) is 0 Å². The van der Waals surface area contributed by atoms with E-state index in [0.29, 0.717) is 0 Å². The van der Waals surface area contributed by atoms with Gasteiger partial charge in [0.1, 0.15) is 0 Å². The molecule has 0 unspecified atom stereocenters. The highest BCUT2D eigenvalue weighted by molar-refractivity contribution is 6.21. The summed E-state index contributed by atoms with van der Waals surface area (Å²) < 4.78 is 30.7. The predicted octanol–water partition coefficient (Wildman–Crippen LogP) is 0.293. The van der Waals surface area contributed by atoms with Crippen LogP contribution < -0.4 is 28.3 Å². The third-order valence-electron chi connectivity index (χ3n) is 2.56. The zero-order valence-corrected chi connectivity index (χ0v) is 13.0. The molecule has 2 aromatic heterocycles. The van der Waals surface area contributed by atoms with Crippen LogP contribution in [0.2, 0.25) is 0 Å². The van der Waals surface area contributed by atoms with Crippen molar-refractivity contribution >= 4 is 7.69 Å². The van der Waals surface area contributed by atoms with E-state index in [0.717, 1.165) is 7.69 Å². The van der Waals surface area contributed by atoms with Gasteiger partial charge >= 0.3 is 7.69 Å². The zero-order chi connectivity index (χ0) is 16.7. The van der Waals surface area contributed by atoms with Crippen molar-refractivity contribution in [1.82, 2.24) is 20.4 Å². The van der Waals surface area contributed by atoms with Gasteiger partial charge in [0.15, 0.2) is 11.5 Å². The molecule has 10 nitrogen and oxygen atoms in total. The summed E-state index contributed by atoms with van der Waals surface area (Å²) in [4.78, 5) is 0. The first-order valence-electron chi connectivity index (χ1n) is 6.28. The van der Waals surface area contributed by atoms with E-state index in [-0.39, 0.29) is 35.0 Å². The Labute approximate surface area is 133 Å². The van der Waals surface area contributed by atoms with Gasteiger partial charge in [0, 0.05) is 12.1 Å². The quantitative estimate of drug-likeness (QED) is 0.630. The van der Waals surface area contributed by atoms with Gasteiger partial charge in [-0.2, -0.15) is 0 Å². The average molecular weight is 321 g/mol. The minimum atomic E-state index is 0.169. The van der Waals surface area contributed by atoms with Gasteiger partial charge < -0.3 is 28.3 Å². The first-order valence-corrected chi connectivity index (χ1v) is 6.28. The number of methoxy groups -OCH3 is 4. The highest BCUT2D eigenvalue weighted by Gasteiger charge is 2.15. The predicted molar refractivity (Wildman–Crippen MR) is 77.3 cm³/mol. The summed E-state index contributed by atoms with van der Waals surface area (Å²) in [6, 6.07) is 2.99. The van der Waals surface area contributed by atoms with Crippen molar-refractivity contribution in [2.45, 2.75) is 0 Å². The van der Waals surface area contributed by atoms with Gasteiger partial charge in [-0.3, -0.25) is 0 Å². The highest BCUT2D eigenvalue weighted by Crippen LogP contribution is 2.28. The summed E-state index contributed by atoms with van der Waals surface area (Å²) >= 11 is 0. The van der Waals surface area contributed by atoms with E-state index >= 15 is 0 Å². The Morgan fingerprint density at radius 2 is 1.09 bits per heavy atom. The Morgan fingerprint density at radius 3 is 1.43 bits per heavy atom. The van der Waals surface area contributed by atoms with Crippen LogP contribution in [0.25, 0.3) is 0 Å². The van der Waals surface area contributed by atoms with Gasteiger partial charge in [0.05, 0.1) is 28.4 Å². The number of aromatic nitrogens is 4. The lowest BCUT2D eigenvalue weighted by molar-refractivity contribution is 0.335. The van der Waals surface area contributed by atoms with Crippen molar-refractivity contribution in [3.8, 4) is 35.0 Å². The van der Waals surface area contributed by atoms with Crippen molar-refractivity contribution in [3.63, 3.8) is 0 Å². The van der Waals surface area contributed by atoms with Crippen molar-refractivity contribution in [3.05, 3.63) is 12.1 Å². The van der Waals surface area contributed by atoms with Gasteiger partial charge in [0.25, 0.3) is 11.8 Å². The van der Waals surface area contributed by atoms with Crippen LogP contribution in [-0.4, -0.2) is 56.5 Å². The average Bonchev–Trinajstić information content (AvgIpc) is 2.61. The number of nitrogens with zero attached hydrogens (tertiary/aromatic N) is 4. The van der Waals surface area contributed by atoms with E-state index in [9.17, 15) is 0 Å². The van der Waals surface area contributed by atoms with Crippen LogP contribution >= 0.6 is 0 Å². The SMILES string of the molecule is COc1cc(O[B]Oc2cc(OC)nnc2OC)c(OC)nn1. The van der Waals surface area contributed by atoms with Crippen LogP contribution in [0.3, 0.4) is 0 Å². The largest absolute Gasteiger partial charge is 0.658 e. The summed E-state index contributed by atoms with van der Waals surface area (Å²) in [5.41, 5.74) is 0. The lowest BCUT2D eigenvalue weighted by Crippen LogP contribution is -2.13. The molecule has 2 aromatic rings. The lowest BCUT2D eigenvalue weighted by atomic mass is 10.3. The standard InChI is InChI=1S/C12H14BN4O6/c1-18-9-5-7(11(20-3)16-14-9)22-13-23-8-6-10(19-2)15-17-12(8)21-4/h5-6H,1-4H3. The number of rotatable bonds is 8. The molecule has 0 fully saturated rings. The van der Waals surface area contributed by atoms with Crippen LogP contribution in [-0.2, 0) is 0 Å². The maximum atomic E-state index is 5.35. The van der Waals surface area contributed by atoms with Crippen molar-refractivity contribution in [2.24, 2.45) is 0 Å². The number of ether oxygens (including phenoxy) is 4. The molecule has 0 aliphatic heterocycles. The molecule has 0 aromatic carbocycles. The monoisotopic (exact) mass is 321 g/mol. The molecule has 0 saturated carbocycles. The second-order valence-electron chi connectivity index (χ2n) is 3.85. The number of hydrogen-bond donors (Lipinski definition) is 0. The third-order valence-corrected chi connectivity index (χ3v) is 2.56. The lowest BCUT2D eigenvalue weighted by Gasteiger charge is -2.11. The fourth-order valence-corrected chi connectivity index (χ4v) is 1.47. The maximum absolute atomic E-state index is 5.35. The zero-order valence-electron chi connectivity index (χ0n) is 13.0. The molecule has 23 heavy (non-hydrogen) atoms. The second-order valence-corrected chi connectivity index (χ2v) is 3.85. The normalized spacial score (nSPS) is 9.74. The molecular weight excluding hydrogens is 307 g/mol. The molecule has 0 aliphatic rings. The molecule has 2 heterocycles. The van der Waals surface area contributed by atoms with Crippen LogP contribution in [0.5, 0.6) is 35.0 Å². The first kappa shape index (κ1) is 16.4. The van der Waals surface area contributed by atoms with E-state index in [1.165, 1.54) is 40.6 Å². The maximum Gasteiger partial charge on any atom is 0.658 e. The van der Waals surface area contributed by atoms with Crippen molar-refractivity contribution < 1.29 is 28.3 Å². The summed E-state index contributed by atoms with van der Waals surface area (Å²) in [6.07, 6.45) is 0. The molecule has 11 heteroatoms. The van der Waals surface area contributed by atoms with Gasteiger partial charge in [-0.15, -0.1) is 20.4 Å². The molecule has 0 atom stereocenters. The fraction of sp³-hybridized carbons (Fsp3) is 0.333. The molecule has 0 amide bonds. The third kappa shape index (κ3) is 4.02.